The van der Waals surface area contributed by atoms with Crippen LogP contribution in [0.2, 0.25) is 0 Å². The maximum Gasteiger partial charge on any atom is 0.0253 e. The molecule has 2 atom stereocenters. The fourth-order valence-electron chi connectivity index (χ4n) is 3.46. The highest BCUT2D eigenvalue weighted by atomic mass is 15.3. The lowest BCUT2D eigenvalue weighted by molar-refractivity contribution is 0.0812. The Hall–Kier alpha value is -0.160. The molecule has 112 valence electrons. The molecule has 0 amide bonds. The van der Waals surface area contributed by atoms with Crippen LogP contribution in [-0.4, -0.2) is 80.1 Å². The Morgan fingerprint density at radius 1 is 1.16 bits per heavy atom. The molecule has 4 heteroatoms. The summed E-state index contributed by atoms with van der Waals surface area (Å²) in [6.45, 7) is 11.8. The Morgan fingerprint density at radius 3 is 2.26 bits per heavy atom. The Kier molecular flexibility index (Phi) is 4.88. The zero-order chi connectivity index (χ0) is 14.0. The van der Waals surface area contributed by atoms with Crippen molar-refractivity contribution in [1.82, 2.24) is 14.7 Å². The van der Waals surface area contributed by atoms with Crippen LogP contribution in [0.5, 0.6) is 0 Å². The Morgan fingerprint density at radius 2 is 1.79 bits per heavy atom. The quantitative estimate of drug-likeness (QED) is 0.813. The minimum atomic E-state index is 0.326. The summed E-state index contributed by atoms with van der Waals surface area (Å²) in [4.78, 5) is 7.50. The van der Waals surface area contributed by atoms with E-state index in [1.807, 2.05) is 0 Å². The number of hydrogen-bond acceptors (Lipinski definition) is 4. The lowest BCUT2D eigenvalue weighted by Gasteiger charge is -2.41. The van der Waals surface area contributed by atoms with E-state index in [0.29, 0.717) is 17.5 Å². The molecule has 2 fully saturated rings. The van der Waals surface area contributed by atoms with Gasteiger partial charge in [-0.3, -0.25) is 9.80 Å². The molecular weight excluding hydrogens is 236 g/mol. The first-order chi connectivity index (χ1) is 8.90. The summed E-state index contributed by atoms with van der Waals surface area (Å²) >= 11 is 0. The van der Waals surface area contributed by atoms with E-state index in [9.17, 15) is 0 Å². The summed E-state index contributed by atoms with van der Waals surface area (Å²) in [5, 5.41) is 0. The van der Waals surface area contributed by atoms with Crippen LogP contribution in [0.1, 0.15) is 26.7 Å². The number of rotatable bonds is 4. The summed E-state index contributed by atoms with van der Waals surface area (Å²) in [5.41, 5.74) is 6.78. The van der Waals surface area contributed by atoms with Crippen LogP contribution in [0.3, 0.4) is 0 Å². The molecule has 0 aromatic carbocycles. The van der Waals surface area contributed by atoms with E-state index in [-0.39, 0.29) is 0 Å². The third-order valence-corrected chi connectivity index (χ3v) is 5.14. The van der Waals surface area contributed by atoms with Gasteiger partial charge >= 0.3 is 0 Å². The van der Waals surface area contributed by atoms with Gasteiger partial charge in [0.25, 0.3) is 0 Å². The van der Waals surface area contributed by atoms with Crippen molar-refractivity contribution in [2.75, 3.05) is 53.4 Å². The molecule has 1 aliphatic heterocycles. The van der Waals surface area contributed by atoms with Crippen molar-refractivity contribution in [3.63, 3.8) is 0 Å². The summed E-state index contributed by atoms with van der Waals surface area (Å²) in [6, 6.07) is 0.965. The van der Waals surface area contributed by atoms with E-state index < -0.39 is 0 Å². The van der Waals surface area contributed by atoms with Crippen LogP contribution in [0, 0.1) is 5.41 Å². The monoisotopic (exact) mass is 268 g/mol. The number of nitrogens with zero attached hydrogens (tertiary/aromatic N) is 3. The molecular formula is C15H32N4. The Balaban J connectivity index is 1.77. The smallest absolute Gasteiger partial charge is 0.0253 e. The molecule has 19 heavy (non-hydrogen) atoms. The van der Waals surface area contributed by atoms with Crippen LogP contribution in [-0.2, 0) is 0 Å². The van der Waals surface area contributed by atoms with Crippen LogP contribution in [0.15, 0.2) is 0 Å². The van der Waals surface area contributed by atoms with E-state index in [0.717, 1.165) is 6.54 Å². The summed E-state index contributed by atoms with van der Waals surface area (Å²) < 4.78 is 0. The fraction of sp³-hybridized carbons (Fsp3) is 1.00. The lowest BCUT2D eigenvalue weighted by Crippen LogP contribution is -2.56. The molecule has 1 aliphatic carbocycles. The van der Waals surface area contributed by atoms with Gasteiger partial charge in [-0.2, -0.15) is 0 Å². The van der Waals surface area contributed by atoms with Crippen LogP contribution in [0.25, 0.3) is 0 Å². The van der Waals surface area contributed by atoms with Gasteiger partial charge < -0.3 is 10.6 Å². The van der Waals surface area contributed by atoms with Gasteiger partial charge in [-0.25, -0.2) is 0 Å². The second-order valence-electron chi connectivity index (χ2n) is 7.30. The van der Waals surface area contributed by atoms with Crippen molar-refractivity contribution in [3.8, 4) is 0 Å². The zero-order valence-electron chi connectivity index (χ0n) is 13.2. The summed E-state index contributed by atoms with van der Waals surface area (Å²) in [7, 11) is 4.30. The molecule has 1 saturated heterocycles. The van der Waals surface area contributed by atoms with Crippen molar-refractivity contribution in [2.45, 2.75) is 38.8 Å². The molecule has 0 spiro atoms. The minimum absolute atomic E-state index is 0.326. The first-order valence-electron chi connectivity index (χ1n) is 7.77. The fourth-order valence-corrected chi connectivity index (χ4v) is 3.46. The van der Waals surface area contributed by atoms with Gasteiger partial charge in [0, 0.05) is 51.4 Å². The predicted molar refractivity (Wildman–Crippen MR) is 81.3 cm³/mol. The molecule has 0 bridgehead atoms. The van der Waals surface area contributed by atoms with Crippen molar-refractivity contribution in [1.29, 1.82) is 0 Å². The van der Waals surface area contributed by atoms with Crippen LogP contribution >= 0.6 is 0 Å². The van der Waals surface area contributed by atoms with Gasteiger partial charge in [0.1, 0.15) is 0 Å². The van der Waals surface area contributed by atoms with Gasteiger partial charge in [-0.15, -0.1) is 0 Å². The van der Waals surface area contributed by atoms with Crippen molar-refractivity contribution in [3.05, 3.63) is 0 Å². The maximum absolute atomic E-state index is 6.46. The average Bonchev–Trinajstić information content (AvgIpc) is 2.63. The minimum Gasteiger partial charge on any atom is -0.326 e. The number of likely N-dealkylation sites (N-methyl/N-ethyl adjacent to an activating group) is 1. The number of hydrogen-bond donors (Lipinski definition) is 1. The molecule has 2 N–H and O–H groups in total. The van der Waals surface area contributed by atoms with Crippen molar-refractivity contribution >= 4 is 0 Å². The maximum atomic E-state index is 6.46. The first-order valence-corrected chi connectivity index (χ1v) is 7.77. The normalized spacial score (nSPS) is 33.2. The highest BCUT2D eigenvalue weighted by molar-refractivity contribution is 5.00. The van der Waals surface area contributed by atoms with E-state index in [1.165, 1.54) is 45.6 Å². The second-order valence-corrected chi connectivity index (χ2v) is 7.30. The van der Waals surface area contributed by atoms with Crippen LogP contribution in [0.4, 0.5) is 0 Å². The Bertz CT molecular complexity index is 282. The third kappa shape index (κ3) is 3.69. The van der Waals surface area contributed by atoms with E-state index >= 15 is 0 Å². The predicted octanol–water partition coefficient (Wildman–Crippen LogP) is 0.682. The lowest BCUT2D eigenvalue weighted by atomic mass is 9.87. The summed E-state index contributed by atoms with van der Waals surface area (Å²) in [6.07, 6.45) is 2.56. The van der Waals surface area contributed by atoms with Gasteiger partial charge in [0.15, 0.2) is 0 Å². The van der Waals surface area contributed by atoms with Gasteiger partial charge in [-0.1, -0.05) is 13.8 Å². The highest BCUT2D eigenvalue weighted by Crippen LogP contribution is 2.38. The SMILES string of the molecule is CN(C)CCN1CCN(C2CCC(C)(C)C2N)CC1. The van der Waals surface area contributed by atoms with E-state index in [1.54, 1.807) is 0 Å². The topological polar surface area (TPSA) is 35.7 Å². The van der Waals surface area contributed by atoms with Gasteiger partial charge in [-0.05, 0) is 32.4 Å². The standard InChI is InChI=1S/C15H32N4/c1-15(2)6-5-13(14(15)16)19-11-9-18(10-12-19)8-7-17(3)4/h13-14H,5-12,16H2,1-4H3. The molecule has 0 radical (unpaired) electrons. The zero-order valence-corrected chi connectivity index (χ0v) is 13.2. The molecule has 2 rings (SSSR count). The molecule has 0 aromatic rings. The number of nitrogens with two attached hydrogens (primary N) is 1. The molecule has 2 aliphatic rings. The van der Waals surface area contributed by atoms with E-state index in [4.69, 9.17) is 5.73 Å². The summed E-state index contributed by atoms with van der Waals surface area (Å²) in [5.74, 6) is 0. The third-order valence-electron chi connectivity index (χ3n) is 5.14. The first kappa shape index (κ1) is 15.2. The number of piperazine rings is 1. The van der Waals surface area contributed by atoms with E-state index in [2.05, 4.69) is 42.6 Å². The largest absolute Gasteiger partial charge is 0.326 e. The highest BCUT2D eigenvalue weighted by Gasteiger charge is 2.42. The molecule has 4 nitrogen and oxygen atoms in total. The second kappa shape index (κ2) is 6.08. The average molecular weight is 268 g/mol. The van der Waals surface area contributed by atoms with Gasteiger partial charge in [0.05, 0.1) is 0 Å². The van der Waals surface area contributed by atoms with Crippen molar-refractivity contribution in [2.24, 2.45) is 11.1 Å². The Labute approximate surface area is 118 Å². The van der Waals surface area contributed by atoms with Gasteiger partial charge in [0.2, 0.25) is 0 Å². The van der Waals surface area contributed by atoms with Crippen LogP contribution < -0.4 is 5.73 Å². The molecule has 2 unspecified atom stereocenters. The molecule has 1 heterocycles. The van der Waals surface area contributed by atoms with Crippen molar-refractivity contribution < 1.29 is 0 Å². The molecule has 0 aromatic heterocycles. The molecule has 1 saturated carbocycles.